The van der Waals surface area contributed by atoms with Crippen molar-refractivity contribution in [2.24, 2.45) is 7.05 Å². The maximum Gasteiger partial charge on any atom is 0.407 e. The zero-order valence-corrected chi connectivity index (χ0v) is 23.1. The van der Waals surface area contributed by atoms with Gasteiger partial charge in [-0.1, -0.05) is 35.7 Å². The summed E-state index contributed by atoms with van der Waals surface area (Å²) in [5.41, 5.74) is -0.299. The molecule has 1 aliphatic heterocycles. The van der Waals surface area contributed by atoms with E-state index in [2.05, 4.69) is 17.2 Å². The summed E-state index contributed by atoms with van der Waals surface area (Å²) in [4.78, 5) is 46.1. The van der Waals surface area contributed by atoms with Gasteiger partial charge >= 0.3 is 11.8 Å². The van der Waals surface area contributed by atoms with Crippen molar-refractivity contribution < 1.29 is 9.53 Å². The SMILES string of the molecule is CC#CCn1c(N2CCC[C@@H](NC(=O)OC(C)(C)C)C2)nc2c1c(=O)n(Cc1ccccc1Cl)c(=O)n2C. The summed E-state index contributed by atoms with van der Waals surface area (Å²) in [6, 6.07) is 6.96. The Labute approximate surface area is 226 Å². The van der Waals surface area contributed by atoms with Crippen molar-refractivity contribution in [2.45, 2.75) is 65.3 Å². The van der Waals surface area contributed by atoms with Gasteiger partial charge in [0.25, 0.3) is 5.56 Å². The number of rotatable bonds is 5. The number of carbonyl (C=O) groups excluding carboxylic acids is 1. The first-order valence-electron chi connectivity index (χ1n) is 12.6. The third-order valence-electron chi connectivity index (χ3n) is 6.34. The van der Waals surface area contributed by atoms with Crippen LogP contribution in [0.4, 0.5) is 10.7 Å². The summed E-state index contributed by atoms with van der Waals surface area (Å²) in [6.45, 7) is 8.60. The van der Waals surface area contributed by atoms with Gasteiger partial charge in [-0.3, -0.25) is 18.5 Å². The van der Waals surface area contributed by atoms with Gasteiger partial charge in [0.15, 0.2) is 11.2 Å². The van der Waals surface area contributed by atoms with Crippen LogP contribution >= 0.6 is 11.6 Å². The lowest BCUT2D eigenvalue weighted by Gasteiger charge is -2.34. The molecule has 3 heterocycles. The highest BCUT2D eigenvalue weighted by Crippen LogP contribution is 2.24. The van der Waals surface area contributed by atoms with Crippen molar-refractivity contribution in [3.8, 4) is 11.8 Å². The second kappa shape index (κ2) is 11.0. The van der Waals surface area contributed by atoms with Crippen LogP contribution in [0.15, 0.2) is 33.9 Å². The number of halogens is 1. The Bertz CT molecular complexity index is 1540. The number of amides is 1. The molecule has 4 rings (SSSR count). The molecule has 0 saturated carbocycles. The minimum Gasteiger partial charge on any atom is -0.444 e. The number of nitrogens with zero attached hydrogens (tertiary/aromatic N) is 5. The molecule has 2 aromatic heterocycles. The quantitative estimate of drug-likeness (QED) is 0.499. The van der Waals surface area contributed by atoms with Gasteiger partial charge in [0, 0.05) is 31.2 Å². The Morgan fingerprint density at radius 1 is 1.24 bits per heavy atom. The number of imidazole rings is 1. The summed E-state index contributed by atoms with van der Waals surface area (Å²) >= 11 is 6.32. The predicted octanol–water partition coefficient (Wildman–Crippen LogP) is 3.12. The van der Waals surface area contributed by atoms with Gasteiger partial charge in [0.1, 0.15) is 5.60 Å². The van der Waals surface area contributed by atoms with E-state index in [1.807, 2.05) is 31.7 Å². The van der Waals surface area contributed by atoms with Gasteiger partial charge in [-0.05, 0) is 52.2 Å². The highest BCUT2D eigenvalue weighted by atomic mass is 35.5. The van der Waals surface area contributed by atoms with Crippen LogP contribution in [0.3, 0.4) is 0 Å². The summed E-state index contributed by atoms with van der Waals surface area (Å²) in [5.74, 6) is 6.44. The van der Waals surface area contributed by atoms with Crippen molar-refractivity contribution in [3.05, 3.63) is 55.7 Å². The zero-order chi connectivity index (χ0) is 27.6. The largest absolute Gasteiger partial charge is 0.444 e. The van der Waals surface area contributed by atoms with Gasteiger partial charge in [-0.2, -0.15) is 4.98 Å². The Hall–Kier alpha value is -3.71. The first-order chi connectivity index (χ1) is 18.0. The van der Waals surface area contributed by atoms with E-state index in [9.17, 15) is 14.4 Å². The first kappa shape index (κ1) is 27.3. The first-order valence-corrected chi connectivity index (χ1v) is 13.0. The van der Waals surface area contributed by atoms with E-state index in [1.165, 1.54) is 9.13 Å². The molecule has 38 heavy (non-hydrogen) atoms. The number of fused-ring (bicyclic) bond motifs is 1. The number of carbonyl (C=O) groups is 1. The lowest BCUT2D eigenvalue weighted by Crippen LogP contribution is -2.49. The van der Waals surface area contributed by atoms with E-state index in [0.717, 1.165) is 12.8 Å². The topological polar surface area (TPSA) is 103 Å². The third kappa shape index (κ3) is 5.73. The monoisotopic (exact) mass is 540 g/mol. The number of ether oxygens (including phenoxy) is 1. The van der Waals surface area contributed by atoms with Crippen LogP contribution in [-0.2, 0) is 24.9 Å². The second-order valence-corrected chi connectivity index (χ2v) is 10.8. The minimum atomic E-state index is -0.597. The molecular formula is C27H33ClN6O4. The molecule has 1 aliphatic rings. The molecular weight excluding hydrogens is 508 g/mol. The van der Waals surface area contributed by atoms with E-state index < -0.39 is 22.9 Å². The summed E-state index contributed by atoms with van der Waals surface area (Å²) in [5, 5.41) is 3.42. The van der Waals surface area contributed by atoms with E-state index in [4.69, 9.17) is 21.3 Å². The van der Waals surface area contributed by atoms with Crippen molar-refractivity contribution >= 4 is 34.8 Å². The molecule has 10 nitrogen and oxygen atoms in total. The summed E-state index contributed by atoms with van der Waals surface area (Å²) < 4.78 is 9.74. The number of nitrogens with one attached hydrogen (secondary N) is 1. The van der Waals surface area contributed by atoms with Gasteiger partial charge < -0.3 is 15.0 Å². The van der Waals surface area contributed by atoms with E-state index in [0.29, 0.717) is 35.1 Å². The standard InChI is InChI=1S/C27H33ClN6O4/c1-6-7-15-33-21-22(31(5)26(37)34(23(21)35)16-18-11-8-9-13-20(18)28)30-24(33)32-14-10-12-19(17-32)29-25(36)38-27(2,3)4/h8-9,11,13,19H,10,12,14-17H2,1-5H3,(H,29,36)/t19-/m1/s1. The van der Waals surface area contributed by atoms with Gasteiger partial charge in [-0.15, -0.1) is 5.92 Å². The van der Waals surface area contributed by atoms with Crippen LogP contribution in [0.25, 0.3) is 11.2 Å². The maximum absolute atomic E-state index is 13.7. The van der Waals surface area contributed by atoms with Crippen molar-refractivity contribution in [1.29, 1.82) is 0 Å². The number of benzene rings is 1. The van der Waals surface area contributed by atoms with E-state index >= 15 is 0 Å². The van der Waals surface area contributed by atoms with E-state index in [1.54, 1.807) is 36.7 Å². The lowest BCUT2D eigenvalue weighted by atomic mass is 10.1. The average Bonchev–Trinajstić information content (AvgIpc) is 3.24. The summed E-state index contributed by atoms with van der Waals surface area (Å²) in [6.07, 6.45) is 1.12. The number of hydrogen-bond acceptors (Lipinski definition) is 6. The molecule has 1 N–H and O–H groups in total. The number of alkyl carbamates (subject to hydrolysis) is 1. The minimum absolute atomic E-state index is 0.0344. The van der Waals surface area contributed by atoms with Gasteiger partial charge in [-0.25, -0.2) is 9.59 Å². The van der Waals surface area contributed by atoms with Crippen LogP contribution < -0.4 is 21.5 Å². The van der Waals surface area contributed by atoms with Crippen LogP contribution in [-0.4, -0.2) is 49.5 Å². The molecule has 0 aliphatic carbocycles. The average molecular weight is 541 g/mol. The fourth-order valence-corrected chi connectivity index (χ4v) is 4.79. The van der Waals surface area contributed by atoms with Crippen LogP contribution in [0.2, 0.25) is 5.02 Å². The second-order valence-electron chi connectivity index (χ2n) is 10.4. The highest BCUT2D eigenvalue weighted by Gasteiger charge is 2.29. The fourth-order valence-electron chi connectivity index (χ4n) is 4.60. The Morgan fingerprint density at radius 3 is 2.66 bits per heavy atom. The molecule has 0 bridgehead atoms. The molecule has 202 valence electrons. The molecule has 1 fully saturated rings. The molecule has 0 unspecified atom stereocenters. The van der Waals surface area contributed by atoms with Gasteiger partial charge in [0.05, 0.1) is 13.1 Å². The molecule has 1 amide bonds. The van der Waals surface area contributed by atoms with Crippen LogP contribution in [0.1, 0.15) is 46.1 Å². The molecule has 11 heteroatoms. The Balaban J connectivity index is 1.76. The molecule has 1 saturated heterocycles. The van der Waals surface area contributed by atoms with Crippen molar-refractivity contribution in [2.75, 3.05) is 18.0 Å². The van der Waals surface area contributed by atoms with Crippen molar-refractivity contribution in [1.82, 2.24) is 24.0 Å². The maximum atomic E-state index is 13.7. The molecule has 1 aromatic carbocycles. The number of anilines is 1. The molecule has 0 radical (unpaired) electrons. The van der Waals surface area contributed by atoms with Crippen LogP contribution in [0, 0.1) is 11.8 Å². The van der Waals surface area contributed by atoms with Crippen LogP contribution in [0.5, 0.6) is 0 Å². The van der Waals surface area contributed by atoms with Crippen molar-refractivity contribution in [3.63, 3.8) is 0 Å². The Kier molecular flexibility index (Phi) is 7.88. The molecule has 1 atom stereocenters. The number of aromatic nitrogens is 4. The molecule has 3 aromatic rings. The molecule has 0 spiro atoms. The number of hydrogen-bond donors (Lipinski definition) is 1. The van der Waals surface area contributed by atoms with Gasteiger partial charge in [0.2, 0.25) is 5.95 Å². The third-order valence-corrected chi connectivity index (χ3v) is 6.71. The predicted molar refractivity (Wildman–Crippen MR) is 148 cm³/mol. The number of piperidine rings is 1. The zero-order valence-electron chi connectivity index (χ0n) is 22.4. The summed E-state index contributed by atoms with van der Waals surface area (Å²) in [7, 11) is 1.60. The van der Waals surface area contributed by atoms with E-state index in [-0.39, 0.29) is 24.8 Å². The fraction of sp³-hybridized carbons (Fsp3) is 0.481. The smallest absolute Gasteiger partial charge is 0.407 e. The Morgan fingerprint density at radius 2 is 1.97 bits per heavy atom. The normalized spacial score (nSPS) is 15.7. The number of aryl methyl sites for hydroxylation is 1. The lowest BCUT2D eigenvalue weighted by molar-refractivity contribution is 0.0500. The highest BCUT2D eigenvalue weighted by molar-refractivity contribution is 6.31.